The maximum Gasteiger partial charge on any atom is 0.309 e. The molecule has 11 atom stereocenters. The summed E-state index contributed by atoms with van der Waals surface area (Å²) < 4.78 is 51.8. The molecular weight excluding hydrogens is 1680 g/mol. The first-order chi connectivity index (χ1) is 64.6. The Morgan fingerprint density at radius 1 is 0.356 bits per heavy atom. The third kappa shape index (κ3) is 43.0. The van der Waals surface area contributed by atoms with Crippen LogP contribution in [0.15, 0.2) is 200 Å². The van der Waals surface area contributed by atoms with Gasteiger partial charge in [-0.15, -0.1) is 0 Å². The molecule has 0 spiro atoms. The minimum atomic E-state index is -0.347. The normalized spacial score (nSPS) is 19.5. The lowest BCUT2D eigenvalue weighted by Gasteiger charge is -2.59. The molecule has 6 saturated carbocycles. The third-order valence-electron chi connectivity index (χ3n) is 28.7. The summed E-state index contributed by atoms with van der Waals surface area (Å²) in [5, 5.41) is 27.0. The molecule has 6 aliphatic carbocycles. The Bertz CT molecular complexity index is 4250. The number of phenolic OH excluding ortho intramolecular Hbond substituents is 3. The van der Waals surface area contributed by atoms with Crippen LogP contribution >= 0.6 is 0 Å². The van der Waals surface area contributed by atoms with Crippen LogP contribution in [0, 0.1) is 41.4 Å². The van der Waals surface area contributed by atoms with E-state index in [-0.39, 0.29) is 53.8 Å². The van der Waals surface area contributed by atoms with E-state index in [1.165, 1.54) is 154 Å². The van der Waals surface area contributed by atoms with E-state index >= 15 is 0 Å². The molecule has 0 radical (unpaired) electrons. The first kappa shape index (κ1) is 115. The Labute approximate surface area is 818 Å². The van der Waals surface area contributed by atoms with E-state index in [4.69, 9.17) is 58.0 Å². The number of hydrogen-bond acceptors (Lipinski definition) is 14. The van der Waals surface area contributed by atoms with Gasteiger partial charge in [0.1, 0.15) is 58.1 Å². The summed E-state index contributed by atoms with van der Waals surface area (Å²) in [5.41, 5.74) is 10.2. The number of phenols is 3. The molecule has 0 amide bonds. The van der Waals surface area contributed by atoms with Crippen LogP contribution in [0.25, 0.3) is 0 Å². The van der Waals surface area contributed by atoms with E-state index in [0.29, 0.717) is 84.4 Å². The minimum absolute atomic E-state index is 0.0224. The maximum atomic E-state index is 12.1. The molecule has 8 aromatic rings. The highest BCUT2D eigenvalue weighted by Gasteiger charge is 2.57. The van der Waals surface area contributed by atoms with Gasteiger partial charge in [-0.1, -0.05) is 277 Å². The van der Waals surface area contributed by atoms with E-state index in [9.17, 15) is 9.59 Å². The lowest BCUT2D eigenvalue weighted by atomic mass is 9.50. The van der Waals surface area contributed by atoms with Gasteiger partial charge in [0.05, 0.1) is 31.7 Å². The van der Waals surface area contributed by atoms with Crippen molar-refractivity contribution in [2.75, 3.05) is 26.4 Å². The van der Waals surface area contributed by atoms with Crippen molar-refractivity contribution < 1.29 is 67.5 Å². The summed E-state index contributed by atoms with van der Waals surface area (Å²) in [6.45, 7) is 50.5. The lowest BCUT2D eigenvalue weighted by molar-refractivity contribution is -0.206. The number of benzene rings is 8. The predicted octanol–water partition coefficient (Wildman–Crippen LogP) is 33.0. The smallest absolute Gasteiger partial charge is 0.309 e. The van der Waals surface area contributed by atoms with Crippen molar-refractivity contribution in [2.24, 2.45) is 41.4 Å². The van der Waals surface area contributed by atoms with Crippen LogP contribution in [0.2, 0.25) is 0 Å². The Hall–Kier alpha value is -8.82. The molecule has 6 fully saturated rings. The van der Waals surface area contributed by atoms with E-state index < -0.39 is 0 Å². The van der Waals surface area contributed by atoms with E-state index in [1.807, 2.05) is 141 Å². The number of aromatic hydroxyl groups is 3. The van der Waals surface area contributed by atoms with E-state index in [2.05, 4.69) is 182 Å². The van der Waals surface area contributed by atoms with Crippen molar-refractivity contribution in [3.8, 4) is 40.2 Å². The second-order valence-corrected chi connectivity index (χ2v) is 40.3. The highest BCUT2D eigenvalue weighted by molar-refractivity contribution is 5.73. The average Bonchev–Trinajstić information content (AvgIpc) is 0.731. The number of carbonyl (C=O) groups excluding carboxylic acids is 2. The van der Waals surface area contributed by atoms with Gasteiger partial charge in [-0.3, -0.25) is 9.59 Å². The van der Waals surface area contributed by atoms with Crippen molar-refractivity contribution in [1.82, 2.24) is 0 Å². The van der Waals surface area contributed by atoms with Gasteiger partial charge in [0.2, 0.25) is 0 Å². The quantitative estimate of drug-likeness (QED) is 0.0190. The van der Waals surface area contributed by atoms with Crippen molar-refractivity contribution >= 4 is 11.9 Å². The average molecular weight is 1860 g/mol. The van der Waals surface area contributed by atoms with Gasteiger partial charge in [0.15, 0.2) is 18.9 Å². The first-order valence-electron chi connectivity index (χ1n) is 52.4. The largest absolute Gasteiger partial charge is 0.508 e. The van der Waals surface area contributed by atoms with Crippen molar-refractivity contribution in [3.05, 3.63) is 245 Å². The van der Waals surface area contributed by atoms with Crippen LogP contribution in [-0.4, -0.2) is 83.8 Å². The monoisotopic (exact) mass is 1860 g/mol. The van der Waals surface area contributed by atoms with Crippen LogP contribution in [0.4, 0.5) is 0 Å². The fourth-order valence-corrected chi connectivity index (χ4v) is 18.0. The molecule has 14 heteroatoms. The fourth-order valence-electron chi connectivity index (χ4n) is 18.0. The Morgan fingerprint density at radius 3 is 1.01 bits per heavy atom. The topological polar surface area (TPSA) is 178 Å². The van der Waals surface area contributed by atoms with Crippen LogP contribution in [0.3, 0.4) is 0 Å². The molecule has 0 aliphatic heterocycles. The van der Waals surface area contributed by atoms with Gasteiger partial charge in [0, 0.05) is 0 Å². The molecular formula is C121H180O14. The molecule has 0 aromatic heterocycles. The minimum Gasteiger partial charge on any atom is -0.508 e. The Kier molecular flexibility index (Phi) is 52.9. The highest BCUT2D eigenvalue weighted by atomic mass is 16.7. The Balaban J connectivity index is 0.000000243. The van der Waals surface area contributed by atoms with Crippen molar-refractivity contribution in [2.45, 2.75) is 391 Å². The third-order valence-corrected chi connectivity index (χ3v) is 28.7. The summed E-state index contributed by atoms with van der Waals surface area (Å²) in [4.78, 5) is 23.3. The molecule has 14 nitrogen and oxygen atoms in total. The number of rotatable bonds is 37. The molecule has 6 aliphatic rings. The van der Waals surface area contributed by atoms with Crippen LogP contribution in [0.1, 0.15) is 399 Å². The second kappa shape index (κ2) is 62.2. The molecule has 3 N–H and O–H groups in total. The summed E-state index contributed by atoms with van der Waals surface area (Å²) in [5.74, 6) is 12.9. The number of carbonyl (C=O) groups is 2. The number of esters is 2. The predicted molar refractivity (Wildman–Crippen MR) is 559 cm³/mol. The summed E-state index contributed by atoms with van der Waals surface area (Å²) in [6, 6.07) is 66.3. The zero-order valence-electron chi connectivity index (χ0n) is 87.7. The lowest BCUT2D eigenvalue weighted by Crippen LogP contribution is -2.58. The van der Waals surface area contributed by atoms with Gasteiger partial charge >= 0.3 is 11.9 Å². The summed E-state index contributed by atoms with van der Waals surface area (Å²) in [6.07, 6.45) is 30.4. The summed E-state index contributed by atoms with van der Waals surface area (Å²) in [7, 11) is 0. The zero-order chi connectivity index (χ0) is 98.8. The van der Waals surface area contributed by atoms with Gasteiger partial charge in [-0.05, 0) is 358 Å². The molecule has 8 aromatic carbocycles. The van der Waals surface area contributed by atoms with Crippen LogP contribution in [-0.2, 0) is 39.7 Å². The molecule has 14 rings (SSSR count). The first-order valence-corrected chi connectivity index (χ1v) is 52.4. The van der Waals surface area contributed by atoms with Gasteiger partial charge in [0.25, 0.3) is 0 Å². The Morgan fingerprint density at radius 2 is 0.674 bits per heavy atom. The standard InChI is InChI=1S/C26H36O3.C20H32O2.C20H26O2.C16H26O2.3C10H14O.C9H18O2/c1-4-20(2)22-10-16-26(17-11-22)29-21(3)27-18-19-28-25-14-12-24(13-15-25)23-8-6-5-7-9-23;2*1-4-16(2)19-10-12-20(13-11-19)22-17(3)21-15-14-18-8-6-5-7-9-18;1-4-10(2)15(17)18-16(3)13-6-11-5-12(8-13)9-14(16)7-11;3*1-3-8(2)9-4-6-10(11)7-5-9;1-6-7(2)8(10)11-9(3,4)5/h10-17,20-21,23H,4-9,18-19H2,1-3H3;10-13,16-18H,4-9,14-15H2,1-3H3;5-13,16-17H,4,14-15H2,1-3H3;10-14H,4-9H2,1-3H3;3*4-8,11H,3H2,1-2H3;7H,6H2,1-5H3. The van der Waals surface area contributed by atoms with Crippen LogP contribution < -0.4 is 18.9 Å². The highest BCUT2D eigenvalue weighted by Crippen LogP contribution is 2.60. The fraction of sp³-hybridized carbons (Fsp3) is 0.587. The molecule has 0 heterocycles. The second-order valence-electron chi connectivity index (χ2n) is 40.3. The zero-order valence-corrected chi connectivity index (χ0v) is 87.7. The molecule has 0 saturated heterocycles. The van der Waals surface area contributed by atoms with Crippen LogP contribution in [0.5, 0.6) is 40.2 Å². The molecule has 748 valence electrons. The maximum absolute atomic E-state index is 12.1. The molecule has 11 unspecified atom stereocenters. The van der Waals surface area contributed by atoms with Gasteiger partial charge < -0.3 is 58.0 Å². The van der Waals surface area contributed by atoms with E-state index in [0.717, 1.165) is 105 Å². The van der Waals surface area contributed by atoms with Gasteiger partial charge in [-0.25, -0.2) is 0 Å². The number of ether oxygens (including phenoxy) is 9. The molecule has 4 bridgehead atoms. The van der Waals surface area contributed by atoms with Crippen molar-refractivity contribution in [3.63, 3.8) is 0 Å². The van der Waals surface area contributed by atoms with Gasteiger partial charge in [-0.2, -0.15) is 0 Å². The number of hydrogen-bond donors (Lipinski definition) is 3. The van der Waals surface area contributed by atoms with Crippen molar-refractivity contribution in [1.29, 1.82) is 0 Å². The van der Waals surface area contributed by atoms with E-state index in [1.54, 1.807) is 36.4 Å². The molecule has 135 heavy (non-hydrogen) atoms. The SMILES string of the molecule is CCC(C)C(=O)OC(C)(C)C.CCC(C)C(=O)OC1(C)C2CC3CC(C2)CC1C3.CCC(C)c1ccc(O)cc1.CCC(C)c1ccc(O)cc1.CCC(C)c1ccc(O)cc1.CCC(C)c1ccc(OC(C)OCCC2CCCCC2)cc1.CCC(C)c1ccc(OC(C)OCCOc2ccc(C3CCCCC3)cc2)cc1.CCC(C)c1ccc(OC(C)OCCc2ccccc2)cc1. The summed E-state index contributed by atoms with van der Waals surface area (Å²) >= 11 is 0.